The molecule has 106 valence electrons. The summed E-state index contributed by atoms with van der Waals surface area (Å²) in [5.74, 6) is -3.10. The van der Waals surface area contributed by atoms with Crippen LogP contribution in [0, 0.1) is 11.6 Å². The van der Waals surface area contributed by atoms with Gasteiger partial charge in [0, 0.05) is 17.5 Å². The van der Waals surface area contributed by atoms with Crippen LogP contribution in [0.2, 0.25) is 0 Å². The lowest BCUT2D eigenvalue weighted by atomic mass is 9.69. The molecule has 0 aliphatic heterocycles. The SMILES string of the molecule is COc1cc(C2(CN)CCCCC2)c(F)c(O)c1F. The maximum absolute atomic E-state index is 14.2. The van der Waals surface area contributed by atoms with Crippen molar-refractivity contribution in [2.45, 2.75) is 37.5 Å². The van der Waals surface area contributed by atoms with E-state index in [0.717, 1.165) is 32.1 Å². The van der Waals surface area contributed by atoms with Gasteiger partial charge in [0.25, 0.3) is 0 Å². The highest BCUT2D eigenvalue weighted by Crippen LogP contribution is 2.44. The van der Waals surface area contributed by atoms with Gasteiger partial charge in [-0.1, -0.05) is 19.3 Å². The normalized spacial score (nSPS) is 18.3. The lowest BCUT2D eigenvalue weighted by Crippen LogP contribution is -2.38. The largest absolute Gasteiger partial charge is 0.503 e. The topological polar surface area (TPSA) is 55.5 Å². The molecule has 3 N–H and O–H groups in total. The Hall–Kier alpha value is -1.36. The van der Waals surface area contributed by atoms with Crippen molar-refractivity contribution in [3.8, 4) is 11.5 Å². The monoisotopic (exact) mass is 271 g/mol. The van der Waals surface area contributed by atoms with Gasteiger partial charge in [-0.25, -0.2) is 4.39 Å². The molecule has 1 aliphatic rings. The van der Waals surface area contributed by atoms with Gasteiger partial charge < -0.3 is 15.6 Å². The quantitative estimate of drug-likeness (QED) is 0.888. The highest BCUT2D eigenvalue weighted by Gasteiger charge is 2.37. The number of aromatic hydroxyl groups is 1. The van der Waals surface area contributed by atoms with E-state index in [0.29, 0.717) is 0 Å². The van der Waals surface area contributed by atoms with Crippen LogP contribution in [0.4, 0.5) is 8.78 Å². The first-order valence-electron chi connectivity index (χ1n) is 6.51. The molecular weight excluding hydrogens is 252 g/mol. The summed E-state index contributed by atoms with van der Waals surface area (Å²) in [7, 11) is 1.29. The number of nitrogens with two attached hydrogens (primary N) is 1. The molecule has 0 aromatic heterocycles. The first-order valence-corrected chi connectivity index (χ1v) is 6.51. The first-order chi connectivity index (χ1) is 9.05. The number of phenolic OH excluding ortho intramolecular Hbond substituents is 1. The minimum absolute atomic E-state index is 0.146. The van der Waals surface area contributed by atoms with Gasteiger partial charge in [-0.15, -0.1) is 0 Å². The number of halogens is 2. The van der Waals surface area contributed by atoms with E-state index in [2.05, 4.69) is 0 Å². The van der Waals surface area contributed by atoms with Crippen LogP contribution in [-0.2, 0) is 5.41 Å². The van der Waals surface area contributed by atoms with Crippen molar-refractivity contribution in [3.05, 3.63) is 23.3 Å². The fraction of sp³-hybridized carbons (Fsp3) is 0.571. The molecule has 3 nitrogen and oxygen atoms in total. The second kappa shape index (κ2) is 5.33. The van der Waals surface area contributed by atoms with Crippen LogP contribution in [0.1, 0.15) is 37.7 Å². The zero-order valence-electron chi connectivity index (χ0n) is 11.0. The molecule has 1 saturated carbocycles. The number of phenols is 1. The Morgan fingerprint density at radius 1 is 1.26 bits per heavy atom. The number of methoxy groups -OCH3 is 1. The Kier molecular flexibility index (Phi) is 3.94. The number of ether oxygens (including phenoxy) is 1. The molecule has 0 amide bonds. The summed E-state index contributed by atoms with van der Waals surface area (Å²) in [6.45, 7) is 0.276. The molecule has 0 bridgehead atoms. The van der Waals surface area contributed by atoms with Crippen LogP contribution >= 0.6 is 0 Å². The van der Waals surface area contributed by atoms with E-state index in [1.54, 1.807) is 0 Å². The Labute approximate surface area is 111 Å². The van der Waals surface area contributed by atoms with E-state index in [1.165, 1.54) is 13.2 Å². The Morgan fingerprint density at radius 3 is 2.42 bits per heavy atom. The van der Waals surface area contributed by atoms with E-state index in [9.17, 15) is 13.9 Å². The third-order valence-electron chi connectivity index (χ3n) is 4.14. The maximum Gasteiger partial charge on any atom is 0.209 e. The van der Waals surface area contributed by atoms with Crippen LogP contribution in [-0.4, -0.2) is 18.8 Å². The summed E-state index contributed by atoms with van der Waals surface area (Å²) in [6.07, 6.45) is 4.49. The number of hydrogen-bond donors (Lipinski definition) is 2. The molecule has 19 heavy (non-hydrogen) atoms. The predicted octanol–water partition coefficient (Wildman–Crippen LogP) is 2.84. The second-order valence-corrected chi connectivity index (χ2v) is 5.15. The van der Waals surface area contributed by atoms with E-state index in [-0.39, 0.29) is 17.9 Å². The minimum Gasteiger partial charge on any atom is -0.503 e. The molecule has 0 saturated heterocycles. The molecule has 5 heteroatoms. The average Bonchev–Trinajstić information content (AvgIpc) is 2.46. The van der Waals surface area contributed by atoms with Gasteiger partial charge in [-0.3, -0.25) is 0 Å². The third-order valence-corrected chi connectivity index (χ3v) is 4.14. The standard InChI is InChI=1S/C14H19F2NO2/c1-19-10-7-9(11(15)13(18)12(10)16)14(8-17)5-3-2-4-6-14/h7,18H,2-6,8,17H2,1H3. The summed E-state index contributed by atoms with van der Waals surface area (Å²) in [4.78, 5) is 0. The van der Waals surface area contributed by atoms with Gasteiger partial charge in [0.2, 0.25) is 5.82 Å². The van der Waals surface area contributed by atoms with Crippen LogP contribution in [0.15, 0.2) is 6.07 Å². The van der Waals surface area contributed by atoms with E-state index < -0.39 is 22.8 Å². The highest BCUT2D eigenvalue weighted by atomic mass is 19.1. The van der Waals surface area contributed by atoms with Gasteiger partial charge in [-0.2, -0.15) is 4.39 Å². The number of rotatable bonds is 3. The van der Waals surface area contributed by atoms with Crippen molar-refractivity contribution in [1.29, 1.82) is 0 Å². The molecule has 0 radical (unpaired) electrons. The van der Waals surface area contributed by atoms with Gasteiger partial charge >= 0.3 is 0 Å². The second-order valence-electron chi connectivity index (χ2n) is 5.15. The third kappa shape index (κ3) is 2.27. The van der Waals surface area contributed by atoms with Gasteiger partial charge in [0.15, 0.2) is 17.3 Å². The van der Waals surface area contributed by atoms with Crippen LogP contribution in [0.3, 0.4) is 0 Å². The number of benzene rings is 1. The Balaban J connectivity index is 2.57. The van der Waals surface area contributed by atoms with Crippen molar-refractivity contribution < 1.29 is 18.6 Å². The lowest BCUT2D eigenvalue weighted by Gasteiger charge is -2.37. The summed E-state index contributed by atoms with van der Waals surface area (Å²) in [6, 6.07) is 1.34. The summed E-state index contributed by atoms with van der Waals surface area (Å²) < 4.78 is 32.6. The Bertz CT molecular complexity index is 471. The molecule has 0 spiro atoms. The van der Waals surface area contributed by atoms with Crippen molar-refractivity contribution >= 4 is 0 Å². The molecule has 0 unspecified atom stereocenters. The molecule has 2 rings (SSSR count). The van der Waals surface area contributed by atoms with E-state index in [4.69, 9.17) is 10.5 Å². The maximum atomic E-state index is 14.2. The molecule has 1 aromatic carbocycles. The van der Waals surface area contributed by atoms with Crippen LogP contribution < -0.4 is 10.5 Å². The molecule has 1 fully saturated rings. The van der Waals surface area contributed by atoms with Crippen LogP contribution in [0.5, 0.6) is 11.5 Å². The van der Waals surface area contributed by atoms with Crippen LogP contribution in [0.25, 0.3) is 0 Å². The fourth-order valence-corrected chi connectivity index (χ4v) is 2.94. The predicted molar refractivity (Wildman–Crippen MR) is 68.4 cm³/mol. The zero-order valence-corrected chi connectivity index (χ0v) is 11.0. The lowest BCUT2D eigenvalue weighted by molar-refractivity contribution is 0.280. The van der Waals surface area contributed by atoms with Crippen molar-refractivity contribution in [3.63, 3.8) is 0 Å². The Morgan fingerprint density at radius 2 is 1.89 bits per heavy atom. The van der Waals surface area contributed by atoms with Crippen molar-refractivity contribution in [2.24, 2.45) is 5.73 Å². The molecule has 0 heterocycles. The molecule has 0 atom stereocenters. The van der Waals surface area contributed by atoms with Gasteiger partial charge in [0.05, 0.1) is 7.11 Å². The molecule has 1 aromatic rings. The van der Waals surface area contributed by atoms with E-state index in [1.807, 2.05) is 0 Å². The fourth-order valence-electron chi connectivity index (χ4n) is 2.94. The van der Waals surface area contributed by atoms with Gasteiger partial charge in [-0.05, 0) is 18.9 Å². The van der Waals surface area contributed by atoms with Crippen molar-refractivity contribution in [2.75, 3.05) is 13.7 Å². The summed E-state index contributed by atoms with van der Waals surface area (Å²) in [5.41, 5.74) is 5.58. The highest BCUT2D eigenvalue weighted by molar-refractivity contribution is 5.45. The summed E-state index contributed by atoms with van der Waals surface area (Å²) >= 11 is 0. The minimum atomic E-state index is -1.06. The zero-order chi connectivity index (χ0) is 14.0. The van der Waals surface area contributed by atoms with Gasteiger partial charge in [0.1, 0.15) is 0 Å². The summed E-state index contributed by atoms with van der Waals surface area (Å²) in [5, 5.41) is 9.57. The average molecular weight is 271 g/mol. The van der Waals surface area contributed by atoms with Crippen molar-refractivity contribution in [1.82, 2.24) is 0 Å². The molecular formula is C14H19F2NO2. The smallest absolute Gasteiger partial charge is 0.209 e. The van der Waals surface area contributed by atoms with E-state index >= 15 is 0 Å². The number of hydrogen-bond acceptors (Lipinski definition) is 3. The first kappa shape index (κ1) is 14.1. The molecule has 1 aliphatic carbocycles.